The Bertz CT molecular complexity index is 1490. The normalized spacial score (nSPS) is 47.5. The number of nitrogens with two attached hydrogens (primary N) is 6. The standard InChI is InChI=1S/C35H66N8O22/c36-16-27(52)22(47)11(62-31(16)56-3-1-2-42-15(45)4-43-41)6-58-33-18(38)29(54)24(49)13(64-33)8-60-35-20(40)30(55)25(50)14(65-35)9-59-34-19(39)28(53)23(48)12(63-34)7-57-32-17(37)26(51)21(46)10(5-44)61-32/h4,10-14,16-35,44,46-55H,1-3,5-9,36-41H2,(H,42,45)/b43-4+/t10?,11?,12?,13?,14?,16?,17?,18?,19?,20?,21-,22-,23-,24-,25-,26-,27-,28-,29-,30-,31-,32-,33+,34+,35+/m1/s1. The fourth-order valence-electron chi connectivity index (χ4n) is 7.57. The van der Waals surface area contributed by atoms with E-state index >= 15 is 0 Å². The van der Waals surface area contributed by atoms with Crippen molar-refractivity contribution in [2.24, 2.45) is 39.6 Å². The van der Waals surface area contributed by atoms with Crippen LogP contribution in [0.3, 0.4) is 0 Å². The van der Waals surface area contributed by atoms with Crippen LogP contribution in [0.15, 0.2) is 5.10 Å². The molecule has 0 bridgehead atoms. The number of carbonyl (C=O) groups excluding carboxylic acids is 1. The van der Waals surface area contributed by atoms with E-state index in [4.69, 9.17) is 81.9 Å². The van der Waals surface area contributed by atoms with Crippen LogP contribution in [0.2, 0.25) is 0 Å². The number of nitrogens with zero attached hydrogens (tertiary/aromatic N) is 1. The third-order valence-electron chi connectivity index (χ3n) is 11.7. The molecule has 65 heavy (non-hydrogen) atoms. The molecule has 0 radical (unpaired) electrons. The molecule has 10 unspecified atom stereocenters. The second-order valence-electron chi connectivity index (χ2n) is 16.3. The highest BCUT2D eigenvalue weighted by molar-refractivity contribution is 6.26. The molecule has 25 atom stereocenters. The highest BCUT2D eigenvalue weighted by atomic mass is 16.8. The van der Waals surface area contributed by atoms with E-state index < -0.39 is 192 Å². The lowest BCUT2D eigenvalue weighted by molar-refractivity contribution is -0.321. The predicted molar refractivity (Wildman–Crippen MR) is 210 cm³/mol. The van der Waals surface area contributed by atoms with Gasteiger partial charge in [0.25, 0.3) is 5.91 Å². The first-order chi connectivity index (χ1) is 30.8. The van der Waals surface area contributed by atoms with E-state index in [0.29, 0.717) is 6.42 Å². The van der Waals surface area contributed by atoms with Crippen LogP contribution in [-0.2, 0) is 52.2 Å². The fraction of sp³-hybridized carbons (Fsp3) is 0.943. The third kappa shape index (κ3) is 13.0. The Morgan fingerprint density at radius 3 is 1.05 bits per heavy atom. The topological polar surface area (TPSA) is 512 Å². The summed E-state index contributed by atoms with van der Waals surface area (Å²) in [5.41, 5.74) is 30.2. The lowest BCUT2D eigenvalue weighted by atomic mass is 9.96. The summed E-state index contributed by atoms with van der Waals surface area (Å²) in [6, 6.07) is -6.58. The maximum absolute atomic E-state index is 11.5. The van der Waals surface area contributed by atoms with E-state index in [-0.39, 0.29) is 13.2 Å². The van der Waals surface area contributed by atoms with E-state index in [0.717, 1.165) is 6.21 Å². The van der Waals surface area contributed by atoms with Crippen molar-refractivity contribution in [1.82, 2.24) is 5.32 Å². The molecule has 5 heterocycles. The van der Waals surface area contributed by atoms with Gasteiger partial charge in [0.05, 0.1) is 69.9 Å². The number of nitrogens with one attached hydrogen (secondary N) is 1. The molecular formula is C35H66N8O22. The molecule has 0 aromatic heterocycles. The van der Waals surface area contributed by atoms with Gasteiger partial charge in [-0.25, -0.2) is 0 Å². The minimum absolute atomic E-state index is 0.0203. The lowest BCUT2D eigenvalue weighted by Gasteiger charge is -2.45. The Morgan fingerprint density at radius 2 is 0.754 bits per heavy atom. The molecule has 5 fully saturated rings. The third-order valence-corrected chi connectivity index (χ3v) is 11.7. The van der Waals surface area contributed by atoms with Crippen molar-refractivity contribution in [2.75, 3.05) is 46.2 Å². The monoisotopic (exact) mass is 950 g/mol. The van der Waals surface area contributed by atoms with E-state index in [1.165, 1.54) is 0 Å². The van der Waals surface area contributed by atoms with Crippen LogP contribution >= 0.6 is 0 Å². The molecule has 0 aliphatic carbocycles. The second-order valence-corrected chi connectivity index (χ2v) is 16.3. The zero-order chi connectivity index (χ0) is 47.9. The van der Waals surface area contributed by atoms with E-state index in [2.05, 4.69) is 10.4 Å². The predicted octanol–water partition coefficient (Wildman–Crippen LogP) is -12.6. The van der Waals surface area contributed by atoms with Gasteiger partial charge in [-0.1, -0.05) is 0 Å². The van der Waals surface area contributed by atoms with Gasteiger partial charge in [-0.2, -0.15) is 5.10 Å². The fourth-order valence-corrected chi connectivity index (χ4v) is 7.57. The van der Waals surface area contributed by atoms with Gasteiger partial charge in [0.1, 0.15) is 97.8 Å². The number of hydrogen-bond donors (Lipinski definition) is 18. The van der Waals surface area contributed by atoms with Crippen molar-refractivity contribution in [2.45, 2.75) is 160 Å². The van der Waals surface area contributed by atoms with Gasteiger partial charge in [0.15, 0.2) is 31.5 Å². The zero-order valence-corrected chi connectivity index (χ0v) is 35.0. The molecule has 30 heteroatoms. The van der Waals surface area contributed by atoms with Crippen LogP contribution in [0.25, 0.3) is 0 Å². The number of ether oxygens (including phenoxy) is 10. The molecule has 30 nitrogen and oxygen atoms in total. The van der Waals surface area contributed by atoms with Crippen LogP contribution in [0.4, 0.5) is 0 Å². The first-order valence-electron chi connectivity index (χ1n) is 20.9. The highest BCUT2D eigenvalue weighted by Crippen LogP contribution is 2.29. The van der Waals surface area contributed by atoms with Crippen molar-refractivity contribution in [3.8, 4) is 0 Å². The lowest BCUT2D eigenvalue weighted by Crippen LogP contribution is -2.66. The van der Waals surface area contributed by atoms with Crippen LogP contribution in [0, 0.1) is 0 Å². The molecule has 5 rings (SSSR count). The summed E-state index contributed by atoms with van der Waals surface area (Å²) in [6.07, 6.45) is -28.6. The van der Waals surface area contributed by atoms with Gasteiger partial charge in [0.2, 0.25) is 0 Å². The molecule has 378 valence electrons. The molecule has 24 N–H and O–H groups in total. The van der Waals surface area contributed by atoms with Gasteiger partial charge < -0.3 is 143 Å². The maximum atomic E-state index is 11.5. The average Bonchev–Trinajstić information content (AvgIpc) is 3.29. The molecular weight excluding hydrogens is 884 g/mol. The zero-order valence-electron chi connectivity index (χ0n) is 35.0. The number of hydrazone groups is 1. The molecule has 0 aromatic rings. The Labute approximate surface area is 371 Å². The van der Waals surface area contributed by atoms with E-state index in [1.807, 2.05) is 0 Å². The summed E-state index contributed by atoms with van der Waals surface area (Å²) in [7, 11) is 0. The summed E-state index contributed by atoms with van der Waals surface area (Å²) in [6.45, 7) is -2.62. The molecule has 1 amide bonds. The summed E-state index contributed by atoms with van der Waals surface area (Å²) < 4.78 is 56.9. The average molecular weight is 951 g/mol. The summed E-state index contributed by atoms with van der Waals surface area (Å²) in [5, 5.41) is 121. The van der Waals surface area contributed by atoms with Gasteiger partial charge in [0, 0.05) is 6.54 Å². The Balaban J connectivity index is 1.12. The number of aliphatic hydroxyl groups is 11. The Hall–Kier alpha value is -2.10. The molecule has 5 aliphatic heterocycles. The van der Waals surface area contributed by atoms with Crippen molar-refractivity contribution in [3.05, 3.63) is 0 Å². The van der Waals surface area contributed by atoms with E-state index in [1.54, 1.807) is 0 Å². The number of amides is 1. The molecule has 0 aromatic carbocycles. The molecule has 0 saturated carbocycles. The molecule has 5 saturated heterocycles. The smallest absolute Gasteiger partial charge is 0.264 e. The quantitative estimate of drug-likeness (QED) is 0.0247. The van der Waals surface area contributed by atoms with Crippen LogP contribution in [0.1, 0.15) is 6.42 Å². The minimum atomic E-state index is -1.68. The summed E-state index contributed by atoms with van der Waals surface area (Å²) in [5.74, 6) is 4.41. The van der Waals surface area contributed by atoms with Gasteiger partial charge in [-0.3, -0.25) is 4.79 Å². The van der Waals surface area contributed by atoms with Crippen LogP contribution < -0.4 is 39.8 Å². The van der Waals surface area contributed by atoms with Crippen molar-refractivity contribution < 1.29 is 108 Å². The van der Waals surface area contributed by atoms with Crippen LogP contribution in [-0.4, -0.2) is 268 Å². The minimum Gasteiger partial charge on any atom is -0.394 e. The SMILES string of the molecule is N/N=C/C(=O)NCCCO[C@@H]1OC(CO[C@H]2OC(CO[C@H]3OC(CO[C@H]4OC(CO[C@@H]5OC(CO)[C@@H](O)[C@H](O)C5N)[C@@H](O)[C@H](O)C4N)[C@@H](O)[C@H](O)C3N)[C@@H](O)[C@H](O)C2N)[C@@H](O)[C@H](O)C1N. The van der Waals surface area contributed by atoms with Gasteiger partial charge in [-0.05, 0) is 6.42 Å². The maximum Gasteiger partial charge on any atom is 0.264 e. The largest absolute Gasteiger partial charge is 0.394 e. The number of hydrogen-bond acceptors (Lipinski definition) is 29. The van der Waals surface area contributed by atoms with Crippen molar-refractivity contribution in [1.29, 1.82) is 0 Å². The van der Waals surface area contributed by atoms with Gasteiger partial charge in [-0.15, -0.1) is 0 Å². The van der Waals surface area contributed by atoms with Crippen molar-refractivity contribution in [3.63, 3.8) is 0 Å². The highest BCUT2D eigenvalue weighted by Gasteiger charge is 2.50. The summed E-state index contributed by atoms with van der Waals surface area (Å²) in [4.78, 5) is 11.5. The Morgan fingerprint density at radius 1 is 0.477 bits per heavy atom. The Kier molecular flexibility index (Phi) is 20.3. The van der Waals surface area contributed by atoms with Gasteiger partial charge >= 0.3 is 0 Å². The first-order valence-corrected chi connectivity index (χ1v) is 20.9. The second kappa shape index (κ2) is 24.4. The number of rotatable bonds is 19. The van der Waals surface area contributed by atoms with E-state index in [9.17, 15) is 61.0 Å². The molecule has 0 spiro atoms. The van der Waals surface area contributed by atoms with Crippen molar-refractivity contribution >= 4 is 12.1 Å². The number of carbonyl (C=O) groups is 1. The van der Waals surface area contributed by atoms with Crippen LogP contribution in [0.5, 0.6) is 0 Å². The first kappa shape index (κ1) is 53.8. The molecule has 5 aliphatic rings. The summed E-state index contributed by atoms with van der Waals surface area (Å²) >= 11 is 0. The number of aliphatic hydroxyl groups excluding tert-OH is 11.